The fourth-order valence-electron chi connectivity index (χ4n) is 3.45. The van der Waals surface area contributed by atoms with E-state index in [2.05, 4.69) is 5.32 Å². The van der Waals surface area contributed by atoms with Crippen LogP contribution < -0.4 is 5.32 Å². The van der Waals surface area contributed by atoms with E-state index in [9.17, 15) is 9.90 Å². The average molecular weight is 282 g/mol. The SMILES string of the molecule is CC(O)C1CCCN(C(=O)NC2CCCCCCC2)C1. The number of carbonyl (C=O) groups excluding carboxylic acids is 1. The van der Waals surface area contributed by atoms with Crippen molar-refractivity contribution < 1.29 is 9.90 Å². The van der Waals surface area contributed by atoms with Gasteiger partial charge in [-0.25, -0.2) is 4.79 Å². The van der Waals surface area contributed by atoms with E-state index in [1.165, 1.54) is 32.1 Å². The molecule has 2 rings (SSSR count). The Morgan fingerprint density at radius 1 is 1.10 bits per heavy atom. The molecule has 2 amide bonds. The van der Waals surface area contributed by atoms with E-state index in [0.29, 0.717) is 12.6 Å². The van der Waals surface area contributed by atoms with E-state index in [1.54, 1.807) is 0 Å². The number of aliphatic hydroxyl groups is 1. The molecule has 1 heterocycles. The van der Waals surface area contributed by atoms with E-state index in [-0.39, 0.29) is 18.1 Å². The van der Waals surface area contributed by atoms with Gasteiger partial charge in [-0.15, -0.1) is 0 Å². The lowest BCUT2D eigenvalue weighted by Crippen LogP contribution is -2.50. The summed E-state index contributed by atoms with van der Waals surface area (Å²) in [7, 11) is 0. The standard InChI is InChI=1S/C16H30N2O2/c1-13(19)14-8-7-11-18(12-14)16(20)17-15-9-5-3-2-4-6-10-15/h13-15,19H,2-12H2,1H3,(H,17,20). The van der Waals surface area contributed by atoms with Gasteiger partial charge in [0.1, 0.15) is 0 Å². The smallest absolute Gasteiger partial charge is 0.317 e. The van der Waals surface area contributed by atoms with Gasteiger partial charge in [0, 0.05) is 25.0 Å². The van der Waals surface area contributed by atoms with Crippen LogP contribution in [-0.2, 0) is 0 Å². The summed E-state index contributed by atoms with van der Waals surface area (Å²) >= 11 is 0. The Hall–Kier alpha value is -0.770. The summed E-state index contributed by atoms with van der Waals surface area (Å²) in [6.07, 6.45) is 10.4. The third-order valence-electron chi connectivity index (χ3n) is 4.86. The predicted octanol–water partition coefficient (Wildman–Crippen LogP) is 2.90. The molecule has 1 saturated carbocycles. The Morgan fingerprint density at radius 3 is 2.40 bits per heavy atom. The first kappa shape index (κ1) is 15.6. The molecule has 1 saturated heterocycles. The topological polar surface area (TPSA) is 52.6 Å². The summed E-state index contributed by atoms with van der Waals surface area (Å²) in [6.45, 7) is 3.37. The zero-order chi connectivity index (χ0) is 14.4. The third-order valence-corrected chi connectivity index (χ3v) is 4.86. The molecule has 0 spiro atoms. The van der Waals surface area contributed by atoms with Gasteiger partial charge in [0.25, 0.3) is 0 Å². The molecule has 0 aromatic heterocycles. The largest absolute Gasteiger partial charge is 0.393 e. The lowest BCUT2D eigenvalue weighted by atomic mass is 9.93. The van der Waals surface area contributed by atoms with Crippen LogP contribution in [-0.4, -0.2) is 41.3 Å². The van der Waals surface area contributed by atoms with Crippen LogP contribution in [0.1, 0.15) is 64.7 Å². The van der Waals surface area contributed by atoms with E-state index >= 15 is 0 Å². The Labute approximate surface area is 122 Å². The molecular weight excluding hydrogens is 252 g/mol. The van der Waals surface area contributed by atoms with Crippen LogP contribution in [0.3, 0.4) is 0 Å². The van der Waals surface area contributed by atoms with E-state index < -0.39 is 0 Å². The second-order valence-electron chi connectivity index (χ2n) is 6.58. The summed E-state index contributed by atoms with van der Waals surface area (Å²) in [6, 6.07) is 0.440. The normalized spacial score (nSPS) is 27.5. The van der Waals surface area contributed by atoms with Crippen molar-refractivity contribution in [2.75, 3.05) is 13.1 Å². The number of amides is 2. The molecule has 0 aromatic carbocycles. The Balaban J connectivity index is 1.80. The van der Waals surface area contributed by atoms with Crippen LogP contribution >= 0.6 is 0 Å². The van der Waals surface area contributed by atoms with Crippen molar-refractivity contribution in [1.82, 2.24) is 10.2 Å². The highest BCUT2D eigenvalue weighted by molar-refractivity contribution is 5.74. The molecule has 4 nitrogen and oxygen atoms in total. The van der Waals surface area contributed by atoms with Gasteiger partial charge in [0.2, 0.25) is 0 Å². The van der Waals surface area contributed by atoms with Gasteiger partial charge in [-0.1, -0.05) is 32.1 Å². The maximum atomic E-state index is 12.4. The van der Waals surface area contributed by atoms with Gasteiger partial charge in [-0.05, 0) is 32.6 Å². The van der Waals surface area contributed by atoms with Gasteiger partial charge in [-0.3, -0.25) is 0 Å². The van der Waals surface area contributed by atoms with Gasteiger partial charge in [-0.2, -0.15) is 0 Å². The summed E-state index contributed by atoms with van der Waals surface area (Å²) in [5, 5.41) is 12.9. The van der Waals surface area contributed by atoms with E-state index in [0.717, 1.165) is 32.2 Å². The molecule has 2 N–H and O–H groups in total. The predicted molar refractivity (Wildman–Crippen MR) is 80.6 cm³/mol. The summed E-state index contributed by atoms with van der Waals surface area (Å²) in [5.74, 6) is 0.242. The quantitative estimate of drug-likeness (QED) is 0.818. The molecule has 0 radical (unpaired) electrons. The molecule has 1 aliphatic carbocycles. The van der Waals surface area contributed by atoms with Gasteiger partial charge in [0.05, 0.1) is 6.10 Å². The van der Waals surface area contributed by atoms with E-state index in [4.69, 9.17) is 0 Å². The monoisotopic (exact) mass is 282 g/mol. The number of hydrogen-bond acceptors (Lipinski definition) is 2. The van der Waals surface area contributed by atoms with Crippen molar-refractivity contribution in [2.45, 2.75) is 76.9 Å². The van der Waals surface area contributed by atoms with Gasteiger partial charge >= 0.3 is 6.03 Å². The lowest BCUT2D eigenvalue weighted by molar-refractivity contribution is 0.0731. The zero-order valence-corrected chi connectivity index (χ0v) is 12.8. The number of carbonyl (C=O) groups is 1. The van der Waals surface area contributed by atoms with Crippen molar-refractivity contribution in [1.29, 1.82) is 0 Å². The molecule has 1 aliphatic heterocycles. The van der Waals surface area contributed by atoms with Crippen molar-refractivity contribution >= 4 is 6.03 Å². The van der Waals surface area contributed by atoms with E-state index in [1.807, 2.05) is 11.8 Å². The lowest BCUT2D eigenvalue weighted by Gasteiger charge is -2.35. The van der Waals surface area contributed by atoms with Crippen LogP contribution in [0.5, 0.6) is 0 Å². The van der Waals surface area contributed by atoms with Gasteiger partial charge in [0.15, 0.2) is 0 Å². The third kappa shape index (κ3) is 4.65. The minimum Gasteiger partial charge on any atom is -0.393 e. The van der Waals surface area contributed by atoms with Crippen molar-refractivity contribution in [3.05, 3.63) is 0 Å². The molecule has 2 aliphatic rings. The van der Waals surface area contributed by atoms with Crippen LogP contribution in [0.15, 0.2) is 0 Å². The number of nitrogens with one attached hydrogen (secondary N) is 1. The first-order valence-corrected chi connectivity index (χ1v) is 8.40. The number of urea groups is 1. The zero-order valence-electron chi connectivity index (χ0n) is 12.8. The molecule has 4 heteroatoms. The summed E-state index contributed by atoms with van der Waals surface area (Å²) in [4.78, 5) is 14.3. The highest BCUT2D eigenvalue weighted by Gasteiger charge is 2.27. The maximum Gasteiger partial charge on any atom is 0.317 e. The molecule has 2 fully saturated rings. The van der Waals surface area contributed by atoms with Crippen molar-refractivity contribution in [3.8, 4) is 0 Å². The number of likely N-dealkylation sites (tertiary alicyclic amines) is 1. The van der Waals surface area contributed by atoms with Crippen LogP contribution in [0, 0.1) is 5.92 Å². The molecule has 2 unspecified atom stereocenters. The fourth-order valence-corrected chi connectivity index (χ4v) is 3.45. The number of aliphatic hydroxyl groups excluding tert-OH is 1. The molecule has 116 valence electrons. The highest BCUT2D eigenvalue weighted by atomic mass is 16.3. The first-order valence-electron chi connectivity index (χ1n) is 8.40. The maximum absolute atomic E-state index is 12.4. The number of nitrogens with zero attached hydrogens (tertiary/aromatic N) is 1. The van der Waals surface area contributed by atoms with Crippen LogP contribution in [0.2, 0.25) is 0 Å². The van der Waals surface area contributed by atoms with Crippen LogP contribution in [0.4, 0.5) is 4.79 Å². The second kappa shape index (κ2) is 7.87. The van der Waals surface area contributed by atoms with Crippen molar-refractivity contribution in [3.63, 3.8) is 0 Å². The van der Waals surface area contributed by atoms with Crippen LogP contribution in [0.25, 0.3) is 0 Å². The number of piperidine rings is 1. The van der Waals surface area contributed by atoms with Gasteiger partial charge < -0.3 is 15.3 Å². The second-order valence-corrected chi connectivity index (χ2v) is 6.58. The minimum atomic E-state index is -0.313. The van der Waals surface area contributed by atoms with Crippen molar-refractivity contribution in [2.24, 2.45) is 5.92 Å². The fraction of sp³-hybridized carbons (Fsp3) is 0.938. The molecule has 0 aromatic rings. The Morgan fingerprint density at radius 2 is 1.75 bits per heavy atom. The minimum absolute atomic E-state index is 0.0842. The molecule has 20 heavy (non-hydrogen) atoms. The molecule has 2 atom stereocenters. The summed E-state index contributed by atoms with van der Waals surface area (Å²) < 4.78 is 0. The Kier molecular flexibility index (Phi) is 6.14. The average Bonchev–Trinajstić information content (AvgIpc) is 2.41. The Bertz CT molecular complexity index is 299. The number of hydrogen-bond donors (Lipinski definition) is 2. The molecule has 0 bridgehead atoms. The first-order chi connectivity index (χ1) is 9.66. The summed E-state index contributed by atoms with van der Waals surface area (Å²) in [5.41, 5.74) is 0. The number of rotatable bonds is 2. The highest BCUT2D eigenvalue weighted by Crippen LogP contribution is 2.21. The molecular formula is C16H30N2O2.